The molecule has 0 aromatic rings. The molecule has 3 heteroatoms. The molecule has 0 spiro atoms. The van der Waals surface area contributed by atoms with Gasteiger partial charge < -0.3 is 10.5 Å². The van der Waals surface area contributed by atoms with Crippen LogP contribution in [0.3, 0.4) is 0 Å². The van der Waals surface area contributed by atoms with Gasteiger partial charge in [-0.2, -0.15) is 0 Å². The van der Waals surface area contributed by atoms with Crippen LogP contribution in [-0.4, -0.2) is 18.1 Å². The summed E-state index contributed by atoms with van der Waals surface area (Å²) < 4.78 is 5.65. The van der Waals surface area contributed by atoms with Crippen molar-refractivity contribution in [2.24, 2.45) is 58.0 Å². The lowest BCUT2D eigenvalue weighted by atomic mass is 9.43. The summed E-state index contributed by atoms with van der Waals surface area (Å²) in [5.41, 5.74) is 7.81. The molecule has 4 saturated carbocycles. The van der Waals surface area contributed by atoms with Gasteiger partial charge in [0, 0.05) is 13.0 Å². The first-order valence-corrected chi connectivity index (χ1v) is 14.0. The number of carbonyl (C=O) groups is 1. The van der Waals surface area contributed by atoms with Gasteiger partial charge in [-0.25, -0.2) is 0 Å². The van der Waals surface area contributed by atoms with Gasteiger partial charge in [-0.1, -0.05) is 53.9 Å². The van der Waals surface area contributed by atoms with Crippen molar-refractivity contribution in [2.75, 3.05) is 0 Å². The van der Waals surface area contributed by atoms with Crippen molar-refractivity contribution in [1.29, 1.82) is 0 Å². The Labute approximate surface area is 198 Å². The van der Waals surface area contributed by atoms with E-state index in [4.69, 9.17) is 10.5 Å². The lowest BCUT2D eigenvalue weighted by Crippen LogP contribution is -2.60. The van der Waals surface area contributed by atoms with E-state index in [1.165, 1.54) is 57.8 Å². The number of fused-ring (bicyclic) bond motifs is 5. The Kier molecular flexibility index (Phi) is 7.08. The van der Waals surface area contributed by atoms with Gasteiger partial charge in [0.25, 0.3) is 0 Å². The van der Waals surface area contributed by atoms with Crippen LogP contribution in [0.5, 0.6) is 0 Å². The van der Waals surface area contributed by atoms with Gasteiger partial charge in [0.2, 0.25) is 0 Å². The normalized spacial score (nSPS) is 46.8. The highest BCUT2D eigenvalue weighted by Gasteiger charge is 2.62. The second-order valence-electron chi connectivity index (χ2n) is 13.4. The molecule has 4 fully saturated rings. The molecule has 4 aliphatic rings. The molecule has 0 amide bonds. The highest BCUT2D eigenvalue weighted by molar-refractivity contribution is 5.66. The lowest BCUT2D eigenvalue weighted by molar-refractivity contribution is -0.163. The molecule has 0 heterocycles. The maximum absolute atomic E-state index is 11.6. The monoisotopic (exact) mass is 445 g/mol. The van der Waals surface area contributed by atoms with Crippen molar-refractivity contribution in [2.45, 2.75) is 124 Å². The summed E-state index contributed by atoms with van der Waals surface area (Å²) in [7, 11) is 0. The molecule has 0 unspecified atom stereocenters. The Balaban J connectivity index is 1.47. The van der Waals surface area contributed by atoms with Crippen LogP contribution in [0.4, 0.5) is 0 Å². The van der Waals surface area contributed by atoms with E-state index in [-0.39, 0.29) is 18.1 Å². The number of esters is 1. The van der Waals surface area contributed by atoms with E-state index in [1.807, 2.05) is 0 Å². The largest absolute Gasteiger partial charge is 0.463 e. The molecule has 3 nitrogen and oxygen atoms in total. The molecule has 0 aliphatic heterocycles. The minimum absolute atomic E-state index is 0.0876. The number of carbonyl (C=O) groups excluding carboxylic acids is 1. The molecule has 0 radical (unpaired) electrons. The molecular weight excluding hydrogens is 394 g/mol. The van der Waals surface area contributed by atoms with Gasteiger partial charge in [-0.15, -0.1) is 0 Å². The maximum Gasteiger partial charge on any atom is 0.302 e. The zero-order chi connectivity index (χ0) is 23.3. The molecule has 32 heavy (non-hydrogen) atoms. The van der Waals surface area contributed by atoms with Gasteiger partial charge >= 0.3 is 5.97 Å². The molecule has 0 aromatic heterocycles. The number of hydrogen-bond donors (Lipinski definition) is 1. The molecule has 2 N–H and O–H groups in total. The fraction of sp³-hybridized carbons (Fsp3) is 0.966. The van der Waals surface area contributed by atoms with Crippen LogP contribution in [0.1, 0.15) is 112 Å². The van der Waals surface area contributed by atoms with Crippen molar-refractivity contribution in [1.82, 2.24) is 0 Å². The minimum atomic E-state index is -0.131. The van der Waals surface area contributed by atoms with Gasteiger partial charge in [0.1, 0.15) is 6.10 Å². The number of rotatable bonds is 6. The van der Waals surface area contributed by atoms with Crippen LogP contribution in [-0.2, 0) is 9.53 Å². The molecule has 10 atom stereocenters. The quantitative estimate of drug-likeness (QED) is 0.449. The molecule has 0 saturated heterocycles. The first-order valence-electron chi connectivity index (χ1n) is 14.0. The Bertz CT molecular complexity index is 676. The van der Waals surface area contributed by atoms with Crippen LogP contribution in [0, 0.1) is 52.3 Å². The smallest absolute Gasteiger partial charge is 0.302 e. The Morgan fingerprint density at radius 3 is 2.31 bits per heavy atom. The Morgan fingerprint density at radius 2 is 1.62 bits per heavy atom. The van der Waals surface area contributed by atoms with E-state index in [0.717, 1.165) is 48.3 Å². The fourth-order valence-electron chi connectivity index (χ4n) is 9.73. The number of hydrogen-bond acceptors (Lipinski definition) is 3. The third kappa shape index (κ3) is 4.29. The van der Waals surface area contributed by atoms with Crippen LogP contribution in [0.15, 0.2) is 0 Å². The summed E-state index contributed by atoms with van der Waals surface area (Å²) in [4.78, 5) is 11.6. The zero-order valence-electron chi connectivity index (χ0n) is 21.9. The third-order valence-electron chi connectivity index (χ3n) is 11.2. The highest BCUT2D eigenvalue weighted by atomic mass is 16.5. The Morgan fingerprint density at radius 1 is 0.938 bits per heavy atom. The van der Waals surface area contributed by atoms with E-state index in [9.17, 15) is 4.79 Å². The fourth-order valence-corrected chi connectivity index (χ4v) is 9.73. The predicted octanol–water partition coefficient (Wildman–Crippen LogP) is 6.98. The van der Waals surface area contributed by atoms with E-state index < -0.39 is 0 Å². The minimum Gasteiger partial charge on any atom is -0.463 e. The van der Waals surface area contributed by atoms with E-state index in [0.29, 0.717) is 16.7 Å². The van der Waals surface area contributed by atoms with Crippen LogP contribution < -0.4 is 5.73 Å². The van der Waals surface area contributed by atoms with Gasteiger partial charge in [0.05, 0.1) is 0 Å². The summed E-state index contributed by atoms with van der Waals surface area (Å²) in [5, 5.41) is 0. The molecule has 0 aromatic carbocycles. The maximum atomic E-state index is 11.6. The molecule has 184 valence electrons. The van der Waals surface area contributed by atoms with Gasteiger partial charge in [-0.05, 0) is 104 Å². The standard InChI is InChI=1S/C29H51NO2/c1-18(2)8-7-9-19(3)23-10-11-24-22-17-27(30)26-16-21(32-20(4)31)12-14-29(26,6)25(22)13-15-28(23,24)5/h18-19,21-27H,7-17,30H2,1-6H3/t19-,21+,22+,23-,24+,25+,26-,27-,28-,29-/m1/s1. The second kappa shape index (κ2) is 9.23. The van der Waals surface area contributed by atoms with Crippen molar-refractivity contribution >= 4 is 5.97 Å². The molecule has 0 bridgehead atoms. The van der Waals surface area contributed by atoms with Crippen LogP contribution in [0.2, 0.25) is 0 Å². The summed E-state index contributed by atoms with van der Waals surface area (Å²) in [5.74, 6) is 5.47. The van der Waals surface area contributed by atoms with Gasteiger partial charge in [-0.3, -0.25) is 4.79 Å². The van der Waals surface area contributed by atoms with Crippen molar-refractivity contribution in [3.8, 4) is 0 Å². The van der Waals surface area contributed by atoms with Crippen LogP contribution >= 0.6 is 0 Å². The third-order valence-corrected chi connectivity index (χ3v) is 11.2. The summed E-state index contributed by atoms with van der Waals surface area (Å²) in [6, 6.07) is 0.268. The highest BCUT2D eigenvalue weighted by Crippen LogP contribution is 2.68. The molecule has 4 rings (SSSR count). The molecular formula is C29H51NO2. The van der Waals surface area contributed by atoms with E-state index in [1.54, 1.807) is 6.92 Å². The van der Waals surface area contributed by atoms with E-state index >= 15 is 0 Å². The first-order chi connectivity index (χ1) is 15.1. The zero-order valence-corrected chi connectivity index (χ0v) is 21.9. The average molecular weight is 446 g/mol. The summed E-state index contributed by atoms with van der Waals surface area (Å²) in [6.45, 7) is 14.1. The number of nitrogens with two attached hydrogens (primary N) is 1. The lowest BCUT2D eigenvalue weighted by Gasteiger charge is -2.62. The van der Waals surface area contributed by atoms with Crippen molar-refractivity contribution in [3.63, 3.8) is 0 Å². The van der Waals surface area contributed by atoms with Gasteiger partial charge in [0.15, 0.2) is 0 Å². The Hall–Kier alpha value is -0.570. The molecule has 4 aliphatic carbocycles. The average Bonchev–Trinajstić information content (AvgIpc) is 3.06. The first kappa shape index (κ1) is 24.6. The summed E-state index contributed by atoms with van der Waals surface area (Å²) >= 11 is 0. The SMILES string of the molecule is CC(=O)O[C@H]1CC[C@@]2(C)[C@H](C1)[C@H](N)C[C@@H]1[C@@H]2CC[C@]2(C)[C@@H]([C@H](C)CCCC(C)C)CC[C@@H]12. The number of ether oxygens (including phenoxy) is 1. The van der Waals surface area contributed by atoms with Crippen molar-refractivity contribution in [3.05, 3.63) is 0 Å². The second-order valence-corrected chi connectivity index (χ2v) is 13.4. The predicted molar refractivity (Wildman–Crippen MR) is 132 cm³/mol. The van der Waals surface area contributed by atoms with Crippen LogP contribution in [0.25, 0.3) is 0 Å². The van der Waals surface area contributed by atoms with Crippen molar-refractivity contribution < 1.29 is 9.53 Å². The van der Waals surface area contributed by atoms with E-state index in [2.05, 4.69) is 34.6 Å². The summed E-state index contributed by atoms with van der Waals surface area (Å²) in [6.07, 6.45) is 14.4. The topological polar surface area (TPSA) is 52.3 Å².